The van der Waals surface area contributed by atoms with Gasteiger partial charge in [0.2, 0.25) is 0 Å². The van der Waals surface area contributed by atoms with Crippen molar-refractivity contribution >= 4 is 34.7 Å². The van der Waals surface area contributed by atoms with Gasteiger partial charge in [-0.3, -0.25) is 0 Å². The molecular formula is C16H19ClS2. The molecule has 1 aromatic heterocycles. The fraction of sp³-hybridized carbons (Fsp3) is 0.375. The van der Waals surface area contributed by atoms with E-state index >= 15 is 0 Å². The van der Waals surface area contributed by atoms with Crippen molar-refractivity contribution in [2.24, 2.45) is 0 Å². The Morgan fingerprint density at radius 2 is 1.68 bits per heavy atom. The predicted octanol–water partition coefficient (Wildman–Crippen LogP) is 6.10. The standard InChI is InChI=1S/C16H19ClS2/c1-16(2,3)14-10-9-13(19-14)15(17)11-5-7-12(18-4)8-6-11/h5-10,15H,1-4H3. The second-order valence-corrected chi connectivity index (χ2v) is 8.02. The second-order valence-electron chi connectivity index (χ2n) is 5.59. The summed E-state index contributed by atoms with van der Waals surface area (Å²) in [6.07, 6.45) is 2.09. The molecule has 1 aromatic carbocycles. The molecule has 1 unspecified atom stereocenters. The molecule has 102 valence electrons. The SMILES string of the molecule is CSc1ccc(C(Cl)c2ccc(C(C)(C)C)s2)cc1. The minimum absolute atomic E-state index is 0.0444. The highest BCUT2D eigenvalue weighted by Crippen LogP contribution is 2.38. The molecule has 0 amide bonds. The first-order chi connectivity index (χ1) is 8.91. The normalized spacial score (nSPS) is 13.5. The molecule has 19 heavy (non-hydrogen) atoms. The summed E-state index contributed by atoms with van der Waals surface area (Å²) in [5.74, 6) is 0. The Labute approximate surface area is 129 Å². The lowest BCUT2D eigenvalue weighted by molar-refractivity contribution is 0.604. The maximum absolute atomic E-state index is 6.59. The fourth-order valence-electron chi connectivity index (χ4n) is 1.83. The van der Waals surface area contributed by atoms with Gasteiger partial charge in [0.1, 0.15) is 0 Å². The van der Waals surface area contributed by atoms with Crippen molar-refractivity contribution in [3.8, 4) is 0 Å². The van der Waals surface area contributed by atoms with Crippen molar-refractivity contribution in [3.63, 3.8) is 0 Å². The van der Waals surface area contributed by atoms with Crippen molar-refractivity contribution in [2.75, 3.05) is 6.26 Å². The number of halogens is 1. The highest BCUT2D eigenvalue weighted by atomic mass is 35.5. The van der Waals surface area contributed by atoms with Crippen LogP contribution in [0, 0.1) is 0 Å². The van der Waals surface area contributed by atoms with Gasteiger partial charge < -0.3 is 0 Å². The molecule has 0 radical (unpaired) electrons. The van der Waals surface area contributed by atoms with Crippen LogP contribution in [-0.2, 0) is 5.41 Å². The van der Waals surface area contributed by atoms with E-state index in [4.69, 9.17) is 11.6 Å². The molecule has 3 heteroatoms. The van der Waals surface area contributed by atoms with Gasteiger partial charge in [0.15, 0.2) is 0 Å². The third-order valence-corrected chi connectivity index (χ3v) is 5.96. The van der Waals surface area contributed by atoms with Gasteiger partial charge in [-0.25, -0.2) is 0 Å². The summed E-state index contributed by atoms with van der Waals surface area (Å²) in [5.41, 5.74) is 1.36. The second kappa shape index (κ2) is 5.90. The van der Waals surface area contributed by atoms with Crippen molar-refractivity contribution in [1.82, 2.24) is 0 Å². The van der Waals surface area contributed by atoms with Gasteiger partial charge in [0.05, 0.1) is 5.38 Å². The smallest absolute Gasteiger partial charge is 0.0927 e. The first-order valence-corrected chi connectivity index (χ1v) is 8.78. The molecule has 2 rings (SSSR count). The number of rotatable bonds is 3. The van der Waals surface area contributed by atoms with Gasteiger partial charge in [-0.05, 0) is 41.5 Å². The van der Waals surface area contributed by atoms with E-state index in [0.29, 0.717) is 0 Å². The maximum Gasteiger partial charge on any atom is 0.0927 e. The van der Waals surface area contributed by atoms with E-state index in [1.807, 2.05) is 11.3 Å². The number of benzene rings is 1. The Balaban J connectivity index is 2.23. The van der Waals surface area contributed by atoms with Crippen molar-refractivity contribution in [1.29, 1.82) is 0 Å². The van der Waals surface area contributed by atoms with Gasteiger partial charge in [0.25, 0.3) is 0 Å². The molecule has 0 bridgehead atoms. The van der Waals surface area contributed by atoms with Crippen molar-refractivity contribution in [3.05, 3.63) is 51.7 Å². The monoisotopic (exact) mass is 310 g/mol. The molecule has 2 aromatic rings. The lowest BCUT2D eigenvalue weighted by atomic mass is 9.95. The molecule has 1 atom stereocenters. The summed E-state index contributed by atoms with van der Waals surface area (Å²) in [5, 5.41) is -0.0444. The van der Waals surface area contributed by atoms with Crippen LogP contribution < -0.4 is 0 Å². The topological polar surface area (TPSA) is 0 Å². The van der Waals surface area contributed by atoms with E-state index in [1.54, 1.807) is 11.8 Å². The van der Waals surface area contributed by atoms with E-state index in [9.17, 15) is 0 Å². The number of thioether (sulfide) groups is 1. The van der Waals surface area contributed by atoms with E-state index in [0.717, 1.165) is 0 Å². The van der Waals surface area contributed by atoms with E-state index < -0.39 is 0 Å². The van der Waals surface area contributed by atoms with E-state index in [1.165, 1.54) is 20.2 Å². The molecule has 0 aliphatic rings. The molecule has 0 aliphatic heterocycles. The maximum atomic E-state index is 6.59. The van der Waals surface area contributed by atoms with E-state index in [-0.39, 0.29) is 10.8 Å². The average Bonchev–Trinajstić information content (AvgIpc) is 2.87. The van der Waals surface area contributed by atoms with Crippen LogP contribution in [-0.4, -0.2) is 6.26 Å². The first-order valence-electron chi connectivity index (χ1n) is 6.30. The summed E-state index contributed by atoms with van der Waals surface area (Å²) in [4.78, 5) is 3.88. The number of hydrogen-bond donors (Lipinski definition) is 0. The Bertz CT molecular complexity index is 535. The van der Waals surface area contributed by atoms with Crippen LogP contribution in [0.1, 0.15) is 41.5 Å². The quantitative estimate of drug-likeness (QED) is 0.488. The summed E-state index contributed by atoms with van der Waals surface area (Å²) >= 11 is 10.2. The molecule has 0 saturated heterocycles. The molecule has 0 spiro atoms. The Morgan fingerprint density at radius 1 is 1.05 bits per heavy atom. The van der Waals surface area contributed by atoms with Crippen molar-refractivity contribution < 1.29 is 0 Å². The molecule has 1 heterocycles. The summed E-state index contributed by atoms with van der Waals surface area (Å²) in [7, 11) is 0. The average molecular weight is 311 g/mol. The molecule has 0 N–H and O–H groups in total. The Kier molecular flexibility index (Phi) is 4.65. The van der Waals surface area contributed by atoms with Gasteiger partial charge in [-0.15, -0.1) is 34.7 Å². The van der Waals surface area contributed by atoms with Crippen LogP contribution >= 0.6 is 34.7 Å². The van der Waals surface area contributed by atoms with Gasteiger partial charge in [-0.2, -0.15) is 0 Å². The van der Waals surface area contributed by atoms with Crippen LogP contribution in [0.4, 0.5) is 0 Å². The molecule has 0 nitrogen and oxygen atoms in total. The highest BCUT2D eigenvalue weighted by molar-refractivity contribution is 7.98. The summed E-state index contributed by atoms with van der Waals surface area (Å²) in [6.45, 7) is 6.71. The van der Waals surface area contributed by atoms with Crippen LogP contribution in [0.25, 0.3) is 0 Å². The lowest BCUT2D eigenvalue weighted by Gasteiger charge is -2.15. The van der Waals surface area contributed by atoms with Crippen LogP contribution in [0.2, 0.25) is 0 Å². The Hall–Kier alpha value is -0.440. The zero-order chi connectivity index (χ0) is 14.0. The predicted molar refractivity (Wildman–Crippen MR) is 88.9 cm³/mol. The minimum atomic E-state index is -0.0444. The minimum Gasteiger partial charge on any atom is -0.143 e. The Morgan fingerprint density at radius 3 is 2.16 bits per heavy atom. The van der Waals surface area contributed by atoms with Gasteiger partial charge in [0, 0.05) is 14.6 Å². The van der Waals surface area contributed by atoms with Crippen LogP contribution in [0.3, 0.4) is 0 Å². The third-order valence-electron chi connectivity index (χ3n) is 3.02. The first kappa shape index (κ1) is 15.0. The summed E-state index contributed by atoms with van der Waals surface area (Å²) < 4.78 is 0. The zero-order valence-corrected chi connectivity index (χ0v) is 14.1. The van der Waals surface area contributed by atoms with Gasteiger partial charge >= 0.3 is 0 Å². The number of hydrogen-bond acceptors (Lipinski definition) is 2. The van der Waals surface area contributed by atoms with Crippen LogP contribution in [0.15, 0.2) is 41.3 Å². The fourth-order valence-corrected chi connectivity index (χ4v) is 3.66. The van der Waals surface area contributed by atoms with Crippen molar-refractivity contribution in [2.45, 2.75) is 36.5 Å². The molecule has 0 saturated carbocycles. The molecule has 0 fully saturated rings. The third kappa shape index (κ3) is 3.56. The highest BCUT2D eigenvalue weighted by Gasteiger charge is 2.19. The van der Waals surface area contributed by atoms with E-state index in [2.05, 4.69) is 63.4 Å². The number of thiophene rings is 1. The largest absolute Gasteiger partial charge is 0.143 e. The summed E-state index contributed by atoms with van der Waals surface area (Å²) in [6, 6.07) is 12.9. The lowest BCUT2D eigenvalue weighted by Crippen LogP contribution is -2.07. The van der Waals surface area contributed by atoms with Gasteiger partial charge in [-0.1, -0.05) is 32.9 Å². The molecular weight excluding hydrogens is 292 g/mol. The molecule has 0 aliphatic carbocycles. The van der Waals surface area contributed by atoms with Crippen LogP contribution in [0.5, 0.6) is 0 Å². The zero-order valence-electron chi connectivity index (χ0n) is 11.7. The number of alkyl halides is 1.